The number of halogens is 3. The van der Waals surface area contributed by atoms with Crippen molar-refractivity contribution in [1.29, 1.82) is 0 Å². The summed E-state index contributed by atoms with van der Waals surface area (Å²) in [5, 5.41) is 3.85. The molecule has 4 rings (SSSR count). The number of fused-ring (bicyclic) bond motifs is 1. The minimum atomic E-state index is -4.40. The molecular weight excluding hydrogens is 425 g/mol. The van der Waals surface area contributed by atoms with Crippen LogP contribution in [0, 0.1) is 0 Å². The molecular formula is C22H23F3N4O3. The summed E-state index contributed by atoms with van der Waals surface area (Å²) in [5.74, 6) is 2.04. The molecule has 2 heterocycles. The van der Waals surface area contributed by atoms with Gasteiger partial charge >= 0.3 is 6.18 Å². The minimum Gasteiger partial charge on any atom is -0.493 e. The van der Waals surface area contributed by atoms with E-state index in [9.17, 15) is 13.2 Å². The fourth-order valence-corrected chi connectivity index (χ4v) is 3.53. The number of anilines is 2. The maximum Gasteiger partial charge on any atom is 0.416 e. The first kappa shape index (κ1) is 21.9. The average Bonchev–Trinajstić information content (AvgIpc) is 2.81. The summed E-state index contributed by atoms with van der Waals surface area (Å²) in [6, 6.07) is 8.73. The molecule has 3 aromatic rings. The van der Waals surface area contributed by atoms with Gasteiger partial charge in [-0.2, -0.15) is 18.2 Å². The van der Waals surface area contributed by atoms with E-state index in [2.05, 4.69) is 15.3 Å². The van der Waals surface area contributed by atoms with E-state index in [0.717, 1.165) is 12.1 Å². The van der Waals surface area contributed by atoms with Crippen molar-refractivity contribution in [1.82, 2.24) is 9.97 Å². The largest absolute Gasteiger partial charge is 0.493 e. The first-order chi connectivity index (χ1) is 15.4. The van der Waals surface area contributed by atoms with Crippen LogP contribution >= 0.6 is 0 Å². The summed E-state index contributed by atoms with van der Waals surface area (Å²) in [7, 11) is 3.07. The van der Waals surface area contributed by atoms with E-state index >= 15 is 0 Å². The minimum absolute atomic E-state index is 0.160. The zero-order valence-corrected chi connectivity index (χ0v) is 17.7. The monoisotopic (exact) mass is 448 g/mol. The molecule has 0 spiro atoms. The third-order valence-electron chi connectivity index (χ3n) is 5.20. The Balaban J connectivity index is 1.72. The Labute approximate surface area is 183 Å². The number of alkyl halides is 3. The maximum absolute atomic E-state index is 13.1. The lowest BCUT2D eigenvalue weighted by molar-refractivity contribution is -0.137. The summed E-state index contributed by atoms with van der Waals surface area (Å²) in [6.07, 6.45) is -4.40. The van der Waals surface area contributed by atoms with E-state index in [4.69, 9.17) is 14.2 Å². The summed E-state index contributed by atoms with van der Waals surface area (Å²) in [4.78, 5) is 11.4. The van der Waals surface area contributed by atoms with Gasteiger partial charge in [0, 0.05) is 31.1 Å². The van der Waals surface area contributed by atoms with Crippen LogP contribution in [0.25, 0.3) is 10.9 Å². The van der Waals surface area contributed by atoms with E-state index in [0.29, 0.717) is 66.0 Å². The fraction of sp³-hybridized carbons (Fsp3) is 0.364. The van der Waals surface area contributed by atoms with Crippen molar-refractivity contribution < 1.29 is 27.4 Å². The number of methoxy groups -OCH3 is 2. The molecule has 1 aromatic heterocycles. The van der Waals surface area contributed by atoms with Crippen LogP contribution in [0.2, 0.25) is 0 Å². The summed E-state index contributed by atoms with van der Waals surface area (Å²) < 4.78 is 55.4. The van der Waals surface area contributed by atoms with Crippen molar-refractivity contribution in [2.45, 2.75) is 12.7 Å². The van der Waals surface area contributed by atoms with E-state index in [1.165, 1.54) is 13.2 Å². The number of aromatic nitrogens is 2. The predicted octanol–water partition coefficient (Wildman–Crippen LogP) is 4.11. The number of nitrogens with one attached hydrogen (secondary N) is 1. The molecule has 1 fully saturated rings. The first-order valence-corrected chi connectivity index (χ1v) is 10.1. The molecule has 1 saturated heterocycles. The molecule has 1 aliphatic heterocycles. The Morgan fingerprint density at radius 2 is 1.75 bits per heavy atom. The molecule has 7 nitrogen and oxygen atoms in total. The van der Waals surface area contributed by atoms with E-state index in [1.54, 1.807) is 25.3 Å². The van der Waals surface area contributed by atoms with Crippen LogP contribution in [0.3, 0.4) is 0 Å². The number of hydrogen-bond acceptors (Lipinski definition) is 7. The Hall–Kier alpha value is -3.27. The molecule has 10 heteroatoms. The molecule has 0 radical (unpaired) electrons. The third kappa shape index (κ3) is 4.64. The van der Waals surface area contributed by atoms with Gasteiger partial charge in [-0.25, -0.2) is 4.98 Å². The lowest BCUT2D eigenvalue weighted by Crippen LogP contribution is -2.37. The second-order valence-electron chi connectivity index (χ2n) is 7.25. The summed E-state index contributed by atoms with van der Waals surface area (Å²) in [6.45, 7) is 2.59. The van der Waals surface area contributed by atoms with Crippen LogP contribution in [-0.4, -0.2) is 50.5 Å². The molecule has 0 amide bonds. The lowest BCUT2D eigenvalue weighted by Gasteiger charge is -2.27. The van der Waals surface area contributed by atoms with Crippen LogP contribution in [0.5, 0.6) is 11.5 Å². The van der Waals surface area contributed by atoms with Crippen molar-refractivity contribution in [3.05, 3.63) is 47.5 Å². The Morgan fingerprint density at radius 3 is 2.44 bits per heavy atom. The van der Waals surface area contributed by atoms with Crippen LogP contribution in [0.1, 0.15) is 11.1 Å². The number of nitrogens with zero attached hydrogens (tertiary/aromatic N) is 3. The highest BCUT2D eigenvalue weighted by molar-refractivity contribution is 5.92. The number of morpholine rings is 1. The third-order valence-corrected chi connectivity index (χ3v) is 5.20. The Bertz CT molecular complexity index is 1100. The fourth-order valence-electron chi connectivity index (χ4n) is 3.53. The molecule has 2 aromatic carbocycles. The molecule has 0 atom stereocenters. The van der Waals surface area contributed by atoms with Gasteiger partial charge in [0.15, 0.2) is 11.5 Å². The summed E-state index contributed by atoms with van der Waals surface area (Å²) >= 11 is 0. The highest BCUT2D eigenvalue weighted by Gasteiger charge is 2.30. The molecule has 0 aliphatic carbocycles. The van der Waals surface area contributed by atoms with Crippen molar-refractivity contribution >= 4 is 22.7 Å². The van der Waals surface area contributed by atoms with Gasteiger partial charge in [0.1, 0.15) is 5.82 Å². The van der Waals surface area contributed by atoms with Crippen molar-refractivity contribution in [3.63, 3.8) is 0 Å². The van der Waals surface area contributed by atoms with E-state index in [-0.39, 0.29) is 6.54 Å². The predicted molar refractivity (Wildman–Crippen MR) is 114 cm³/mol. The molecule has 170 valence electrons. The molecule has 0 unspecified atom stereocenters. The van der Waals surface area contributed by atoms with Gasteiger partial charge < -0.3 is 24.4 Å². The zero-order valence-electron chi connectivity index (χ0n) is 17.7. The molecule has 32 heavy (non-hydrogen) atoms. The van der Waals surface area contributed by atoms with Crippen LogP contribution < -0.4 is 19.7 Å². The SMILES string of the molecule is COc1cc2nc(N3CCOCC3)nc(NCc3cccc(C(F)(F)F)c3)c2cc1OC. The molecule has 0 bridgehead atoms. The van der Waals surface area contributed by atoms with Crippen LogP contribution in [0.4, 0.5) is 24.9 Å². The van der Waals surface area contributed by atoms with Gasteiger partial charge in [-0.05, 0) is 23.8 Å². The second kappa shape index (κ2) is 9.07. The smallest absolute Gasteiger partial charge is 0.416 e. The standard InChI is InChI=1S/C22H23F3N4O3/c1-30-18-11-16-17(12-19(18)31-2)27-21(29-6-8-32-9-7-29)28-20(16)26-13-14-4-3-5-15(10-14)22(23,24)25/h3-5,10-12H,6-9,13H2,1-2H3,(H,26,27,28). The van der Waals surface area contributed by atoms with Crippen molar-refractivity contribution in [3.8, 4) is 11.5 Å². The number of ether oxygens (including phenoxy) is 3. The Morgan fingerprint density at radius 1 is 1.03 bits per heavy atom. The average molecular weight is 448 g/mol. The number of rotatable bonds is 6. The summed E-state index contributed by atoms with van der Waals surface area (Å²) in [5.41, 5.74) is 0.426. The van der Waals surface area contributed by atoms with Gasteiger partial charge in [-0.3, -0.25) is 0 Å². The highest BCUT2D eigenvalue weighted by Crippen LogP contribution is 2.35. The second-order valence-corrected chi connectivity index (χ2v) is 7.25. The molecule has 0 saturated carbocycles. The van der Waals surface area contributed by atoms with Crippen LogP contribution in [0.15, 0.2) is 36.4 Å². The van der Waals surface area contributed by atoms with E-state index < -0.39 is 11.7 Å². The Kier molecular flexibility index (Phi) is 6.22. The van der Waals surface area contributed by atoms with Gasteiger partial charge in [-0.15, -0.1) is 0 Å². The van der Waals surface area contributed by atoms with Gasteiger partial charge in [-0.1, -0.05) is 12.1 Å². The number of hydrogen-bond donors (Lipinski definition) is 1. The molecule has 1 aliphatic rings. The normalized spacial score (nSPS) is 14.5. The van der Waals surface area contributed by atoms with Gasteiger partial charge in [0.2, 0.25) is 5.95 Å². The quantitative estimate of drug-likeness (QED) is 0.609. The van der Waals surface area contributed by atoms with E-state index in [1.807, 2.05) is 4.90 Å². The lowest BCUT2D eigenvalue weighted by atomic mass is 10.1. The topological polar surface area (TPSA) is 68.7 Å². The zero-order chi connectivity index (χ0) is 22.7. The van der Waals surface area contributed by atoms with Gasteiger partial charge in [0.25, 0.3) is 0 Å². The number of benzene rings is 2. The highest BCUT2D eigenvalue weighted by atomic mass is 19.4. The maximum atomic E-state index is 13.1. The first-order valence-electron chi connectivity index (χ1n) is 10.1. The molecule has 1 N–H and O–H groups in total. The van der Waals surface area contributed by atoms with Crippen molar-refractivity contribution in [2.24, 2.45) is 0 Å². The van der Waals surface area contributed by atoms with Crippen molar-refractivity contribution in [2.75, 3.05) is 50.7 Å². The van der Waals surface area contributed by atoms with Crippen LogP contribution in [-0.2, 0) is 17.5 Å². The van der Waals surface area contributed by atoms with Gasteiger partial charge in [0.05, 0.1) is 38.5 Å².